The molecule has 0 aliphatic rings. The molecule has 0 radical (unpaired) electrons. The number of nitrogens with two attached hydrogens (primary N) is 1. The first-order valence-electron chi connectivity index (χ1n) is 5.78. The molecule has 84 valence electrons. The van der Waals surface area contributed by atoms with Crippen molar-refractivity contribution in [1.29, 1.82) is 0 Å². The molecule has 15 heavy (non-hydrogen) atoms. The van der Waals surface area contributed by atoms with Gasteiger partial charge < -0.3 is 11.1 Å². The van der Waals surface area contributed by atoms with Gasteiger partial charge in [0.2, 0.25) is 0 Å². The third kappa shape index (κ3) is 3.92. The zero-order valence-corrected chi connectivity index (χ0v) is 9.79. The maximum absolute atomic E-state index is 6.29. The van der Waals surface area contributed by atoms with E-state index in [1.165, 1.54) is 0 Å². The molecular weight excluding hydrogens is 184 g/mol. The van der Waals surface area contributed by atoms with E-state index in [0.717, 1.165) is 31.5 Å². The molecule has 0 aromatic heterocycles. The Morgan fingerprint density at radius 3 is 2.40 bits per heavy atom. The number of hydrogen-bond acceptors (Lipinski definition) is 2. The Kier molecular flexibility index (Phi) is 4.63. The quantitative estimate of drug-likeness (QED) is 0.751. The van der Waals surface area contributed by atoms with Gasteiger partial charge in [-0.15, -0.1) is 0 Å². The smallest absolute Gasteiger partial charge is 0.0340 e. The van der Waals surface area contributed by atoms with E-state index in [0.29, 0.717) is 0 Å². The normalized spacial score (nSPS) is 14.6. The Labute approximate surface area is 92.9 Å². The van der Waals surface area contributed by atoms with E-state index in [-0.39, 0.29) is 5.54 Å². The summed E-state index contributed by atoms with van der Waals surface area (Å²) in [6, 6.07) is 10.2. The second kappa shape index (κ2) is 5.76. The fourth-order valence-corrected chi connectivity index (χ4v) is 1.72. The number of rotatable bonds is 6. The molecule has 0 saturated carbocycles. The summed E-state index contributed by atoms with van der Waals surface area (Å²) in [5.41, 5.74) is 7.38. The molecule has 0 fully saturated rings. The Balaban J connectivity index is 2.47. The van der Waals surface area contributed by atoms with Crippen LogP contribution in [0.25, 0.3) is 0 Å². The third-order valence-electron chi connectivity index (χ3n) is 2.87. The second-order valence-corrected chi connectivity index (χ2v) is 4.19. The molecule has 1 rings (SSSR count). The number of anilines is 1. The van der Waals surface area contributed by atoms with Crippen LogP contribution >= 0.6 is 0 Å². The summed E-state index contributed by atoms with van der Waals surface area (Å²) in [7, 11) is 0. The van der Waals surface area contributed by atoms with Gasteiger partial charge >= 0.3 is 0 Å². The summed E-state index contributed by atoms with van der Waals surface area (Å²) in [6.07, 6.45) is 3.23. The number of benzene rings is 1. The Bertz CT molecular complexity index is 271. The van der Waals surface area contributed by atoms with Crippen LogP contribution < -0.4 is 11.1 Å². The SMILES string of the molecule is CCCC(N)(CC)CNc1ccccc1. The van der Waals surface area contributed by atoms with Crippen molar-refractivity contribution in [3.8, 4) is 0 Å². The molecule has 1 unspecified atom stereocenters. The van der Waals surface area contributed by atoms with Crippen LogP contribution in [-0.4, -0.2) is 12.1 Å². The van der Waals surface area contributed by atoms with Crippen LogP contribution in [0.3, 0.4) is 0 Å². The highest BCUT2D eigenvalue weighted by Crippen LogP contribution is 2.15. The molecule has 0 aliphatic carbocycles. The Morgan fingerprint density at radius 1 is 1.20 bits per heavy atom. The molecule has 0 bridgehead atoms. The van der Waals surface area contributed by atoms with E-state index in [4.69, 9.17) is 5.73 Å². The van der Waals surface area contributed by atoms with Crippen LogP contribution in [0, 0.1) is 0 Å². The summed E-state index contributed by atoms with van der Waals surface area (Å²) >= 11 is 0. The first-order chi connectivity index (χ1) is 7.20. The highest BCUT2D eigenvalue weighted by molar-refractivity contribution is 5.42. The largest absolute Gasteiger partial charge is 0.383 e. The van der Waals surface area contributed by atoms with Crippen LogP contribution in [0.5, 0.6) is 0 Å². The first-order valence-corrected chi connectivity index (χ1v) is 5.78. The summed E-state index contributed by atoms with van der Waals surface area (Å²) < 4.78 is 0. The molecule has 2 heteroatoms. The molecule has 0 spiro atoms. The number of hydrogen-bond donors (Lipinski definition) is 2. The number of para-hydroxylation sites is 1. The van der Waals surface area contributed by atoms with Gasteiger partial charge in [-0.3, -0.25) is 0 Å². The average Bonchev–Trinajstić information content (AvgIpc) is 2.28. The molecule has 0 amide bonds. The summed E-state index contributed by atoms with van der Waals surface area (Å²) in [5.74, 6) is 0. The van der Waals surface area contributed by atoms with Gasteiger partial charge in [-0.05, 0) is 25.0 Å². The minimum Gasteiger partial charge on any atom is -0.383 e. The molecule has 0 aliphatic heterocycles. The minimum atomic E-state index is -0.0649. The van der Waals surface area contributed by atoms with E-state index >= 15 is 0 Å². The van der Waals surface area contributed by atoms with Crippen LogP contribution in [0.1, 0.15) is 33.1 Å². The van der Waals surface area contributed by atoms with Gasteiger partial charge in [0.15, 0.2) is 0 Å². The average molecular weight is 206 g/mol. The van der Waals surface area contributed by atoms with E-state index in [1.807, 2.05) is 18.2 Å². The topological polar surface area (TPSA) is 38.0 Å². The molecule has 1 aromatic carbocycles. The van der Waals surface area contributed by atoms with Crippen molar-refractivity contribution >= 4 is 5.69 Å². The lowest BCUT2D eigenvalue weighted by molar-refractivity contribution is 0.396. The fourth-order valence-electron chi connectivity index (χ4n) is 1.72. The fraction of sp³-hybridized carbons (Fsp3) is 0.538. The predicted octanol–water partition coefficient (Wildman–Crippen LogP) is 3.01. The van der Waals surface area contributed by atoms with Crippen LogP contribution in [0.2, 0.25) is 0 Å². The Hall–Kier alpha value is -1.02. The van der Waals surface area contributed by atoms with Gasteiger partial charge in [0.1, 0.15) is 0 Å². The van der Waals surface area contributed by atoms with Gasteiger partial charge in [0.05, 0.1) is 0 Å². The van der Waals surface area contributed by atoms with Crippen molar-refractivity contribution in [2.45, 2.75) is 38.6 Å². The van der Waals surface area contributed by atoms with Gasteiger partial charge in [-0.2, -0.15) is 0 Å². The molecule has 0 saturated heterocycles. The standard InChI is InChI=1S/C13H22N2/c1-3-10-13(14,4-2)11-15-12-8-6-5-7-9-12/h5-9,15H,3-4,10-11,14H2,1-2H3. The van der Waals surface area contributed by atoms with Gasteiger partial charge in [0.25, 0.3) is 0 Å². The Morgan fingerprint density at radius 2 is 1.87 bits per heavy atom. The maximum Gasteiger partial charge on any atom is 0.0340 e. The van der Waals surface area contributed by atoms with Crippen molar-refractivity contribution in [2.24, 2.45) is 5.73 Å². The van der Waals surface area contributed by atoms with Crippen LogP contribution in [0.4, 0.5) is 5.69 Å². The predicted molar refractivity (Wildman–Crippen MR) is 67.0 cm³/mol. The first kappa shape index (κ1) is 12.1. The highest BCUT2D eigenvalue weighted by atomic mass is 14.9. The zero-order valence-electron chi connectivity index (χ0n) is 9.79. The minimum absolute atomic E-state index is 0.0649. The van der Waals surface area contributed by atoms with Crippen molar-refractivity contribution in [3.05, 3.63) is 30.3 Å². The lowest BCUT2D eigenvalue weighted by atomic mass is 9.92. The zero-order chi connectivity index (χ0) is 11.1. The van der Waals surface area contributed by atoms with Gasteiger partial charge in [-0.1, -0.05) is 38.5 Å². The molecule has 1 aromatic rings. The molecule has 3 N–H and O–H groups in total. The van der Waals surface area contributed by atoms with Gasteiger partial charge in [0, 0.05) is 17.8 Å². The van der Waals surface area contributed by atoms with Crippen molar-refractivity contribution in [3.63, 3.8) is 0 Å². The van der Waals surface area contributed by atoms with E-state index in [9.17, 15) is 0 Å². The van der Waals surface area contributed by atoms with Crippen molar-refractivity contribution < 1.29 is 0 Å². The summed E-state index contributed by atoms with van der Waals surface area (Å²) in [6.45, 7) is 5.18. The van der Waals surface area contributed by atoms with E-state index in [1.54, 1.807) is 0 Å². The molecule has 0 heterocycles. The third-order valence-corrected chi connectivity index (χ3v) is 2.87. The van der Waals surface area contributed by atoms with E-state index < -0.39 is 0 Å². The van der Waals surface area contributed by atoms with Crippen molar-refractivity contribution in [2.75, 3.05) is 11.9 Å². The number of nitrogens with one attached hydrogen (secondary N) is 1. The lowest BCUT2D eigenvalue weighted by Gasteiger charge is -2.28. The van der Waals surface area contributed by atoms with Crippen LogP contribution in [-0.2, 0) is 0 Å². The maximum atomic E-state index is 6.29. The molecule has 2 nitrogen and oxygen atoms in total. The summed E-state index contributed by atoms with van der Waals surface area (Å²) in [5, 5.41) is 3.40. The lowest BCUT2D eigenvalue weighted by Crippen LogP contribution is -2.45. The molecule has 1 atom stereocenters. The second-order valence-electron chi connectivity index (χ2n) is 4.19. The van der Waals surface area contributed by atoms with Crippen LogP contribution in [0.15, 0.2) is 30.3 Å². The summed E-state index contributed by atoms with van der Waals surface area (Å²) in [4.78, 5) is 0. The highest BCUT2D eigenvalue weighted by Gasteiger charge is 2.20. The monoisotopic (exact) mass is 206 g/mol. The van der Waals surface area contributed by atoms with Crippen molar-refractivity contribution in [1.82, 2.24) is 0 Å². The van der Waals surface area contributed by atoms with Gasteiger partial charge in [-0.25, -0.2) is 0 Å². The van der Waals surface area contributed by atoms with E-state index in [2.05, 4.69) is 31.3 Å². The molecular formula is C13H22N2.